The van der Waals surface area contributed by atoms with Gasteiger partial charge in [0, 0.05) is 95.3 Å². The lowest BCUT2D eigenvalue weighted by Gasteiger charge is -2.39. The van der Waals surface area contributed by atoms with Crippen molar-refractivity contribution < 1.29 is 71.4 Å². The second-order valence-corrected chi connectivity index (χ2v) is 27.8. The van der Waals surface area contributed by atoms with E-state index in [0.29, 0.717) is 72.6 Å². The number of nitrogens with one attached hydrogen (secondary N) is 3. The molecule has 3 atom stereocenters. The average Bonchev–Trinajstić information content (AvgIpc) is 0.837. The van der Waals surface area contributed by atoms with Gasteiger partial charge in [-0.15, -0.1) is 0 Å². The first-order valence-corrected chi connectivity index (χ1v) is 35.3. The predicted molar refractivity (Wildman–Crippen MR) is 350 cm³/mol. The van der Waals surface area contributed by atoms with Gasteiger partial charge in [0.15, 0.2) is 0 Å². The Bertz CT molecular complexity index is 3790. The number of carboxylic acid groups (broad SMARTS) is 1. The molecule has 7 N–H and O–H groups in total. The van der Waals surface area contributed by atoms with Crippen LogP contribution in [-0.4, -0.2) is 171 Å². The van der Waals surface area contributed by atoms with E-state index in [2.05, 4.69) is 73.2 Å². The zero-order valence-corrected chi connectivity index (χ0v) is 54.7. The fourth-order valence-electron chi connectivity index (χ4n) is 12.9. The number of anilines is 2. The van der Waals surface area contributed by atoms with E-state index in [1.165, 1.54) is 39.6 Å². The number of carboxylic acids is 1. The van der Waals surface area contributed by atoms with Gasteiger partial charge >= 0.3 is 26.4 Å². The molecule has 8 heterocycles. The summed E-state index contributed by atoms with van der Waals surface area (Å²) in [7, 11) is 0.159. The smallest absolute Gasteiger partial charge is 0.407 e. The minimum atomic E-state index is -3.06. The molecule has 0 aliphatic carbocycles. The molecule has 0 spiro atoms. The van der Waals surface area contributed by atoms with Gasteiger partial charge in [0.1, 0.15) is 48.3 Å². The number of nitrogens with two attached hydrogens (primary N) is 1. The van der Waals surface area contributed by atoms with Crippen LogP contribution in [0.3, 0.4) is 0 Å². The highest BCUT2D eigenvalue weighted by Crippen LogP contribution is 2.49. The van der Waals surface area contributed by atoms with Crippen LogP contribution in [0.2, 0.25) is 0 Å². The first-order chi connectivity index (χ1) is 44.7. The Morgan fingerprint density at radius 1 is 0.848 bits per heavy atom. The van der Waals surface area contributed by atoms with Crippen molar-refractivity contribution in [3.8, 4) is 23.3 Å². The summed E-state index contributed by atoms with van der Waals surface area (Å²) in [6, 6.07) is 9.24. The number of aromatic nitrogens is 3. The van der Waals surface area contributed by atoms with Gasteiger partial charge in [-0.1, -0.05) is 33.4 Å². The van der Waals surface area contributed by atoms with Crippen molar-refractivity contribution in [2.24, 2.45) is 0 Å². The largest absolute Gasteiger partial charge is 0.478 e. The van der Waals surface area contributed by atoms with Crippen molar-refractivity contribution >= 4 is 82.0 Å². The second-order valence-electron chi connectivity index (χ2n) is 24.0. The SMILES string of the molecule is CC(C)(CCOC(=O)NCCOCCOCCNC(=O)c1ccc(C(=O)O)c(C2=c3cc4c5c(c3Oc3c2cc2c6c3CCCN6CCC2)CCC[N+]=5CCC4)c1)SSCOCCCCOC(=O)NCC#Cc1cn([C@@H]2CO[C@H](CO[PH](=O)O)C2)c2ncnc(N)c12. The summed E-state index contributed by atoms with van der Waals surface area (Å²) in [5.41, 5.74) is 16.3. The van der Waals surface area contributed by atoms with Crippen LogP contribution in [0.15, 0.2) is 42.9 Å². The van der Waals surface area contributed by atoms with Crippen molar-refractivity contribution in [1.82, 2.24) is 35.1 Å². The number of ether oxygens (including phenoxy) is 7. The van der Waals surface area contributed by atoms with E-state index in [1.54, 1.807) is 39.8 Å². The van der Waals surface area contributed by atoms with Gasteiger partial charge in [0.05, 0.1) is 93.6 Å². The first-order valence-electron chi connectivity index (χ1n) is 31.7. The molecule has 5 aromatic rings. The number of aryl methyl sites for hydroxylation is 2. The standard InChI is InChI=1S/C65H80N9O15PS2/c1-65(2,92-91-40-84-25-3-4-26-85-63(78)68-18-5-10-44-36-74(60-53(44)59(66)70-39-71-60)45-35-46(87-37-45)38-88-90(80)81)17-27-86-64(79)69-20-29-83-31-30-82-28-19-67-61(75)43-15-16-47(62(76)77)50(34-43)54-51-32-41-11-6-21-72-23-8-13-48(55(41)72)57(51)89-58-49-14-9-24-73-22-7-12-42(56(49)73)33-52(54)58/h15-16,32-34,36,39,45-46,90H,3-4,6-9,11-14,17-31,35,37-38,40H2,1-2H3,(H6-,66,67,68,69,70,71,75,76,77,78,79,80,81)/p+1/t45-,46-/m0/s1. The number of unbranched alkanes of at least 4 members (excludes halogenated alkanes) is 1. The van der Waals surface area contributed by atoms with Crippen LogP contribution in [0, 0.1) is 11.8 Å². The van der Waals surface area contributed by atoms with Crippen LogP contribution in [-0.2, 0) is 63.2 Å². The lowest BCUT2D eigenvalue weighted by molar-refractivity contribution is 0.0486. The number of alkyl carbamates (subject to hydrolysis) is 2. The highest BCUT2D eigenvalue weighted by molar-refractivity contribution is 8.77. The fourth-order valence-corrected chi connectivity index (χ4v) is 15.6. The van der Waals surface area contributed by atoms with E-state index >= 15 is 0 Å². The van der Waals surface area contributed by atoms with E-state index in [9.17, 15) is 28.8 Å². The zero-order chi connectivity index (χ0) is 64.1. The summed E-state index contributed by atoms with van der Waals surface area (Å²) in [6.45, 7) is 11.1. The number of nitrogens with zero attached hydrogens (tertiary/aromatic N) is 5. The summed E-state index contributed by atoms with van der Waals surface area (Å²) < 4.78 is 60.9. The highest BCUT2D eigenvalue weighted by atomic mass is 33.1. The number of carbonyl (C=O) groups excluding carboxylic acids is 3. The van der Waals surface area contributed by atoms with E-state index in [4.69, 9.17) is 48.3 Å². The Labute approximate surface area is 542 Å². The van der Waals surface area contributed by atoms with Crippen LogP contribution < -0.4 is 46.5 Å². The number of nitrogen functional groups attached to an aromatic ring is 1. The van der Waals surface area contributed by atoms with Gasteiger partial charge < -0.3 is 78.8 Å². The Hall–Kier alpha value is -6.92. The van der Waals surface area contributed by atoms with Crippen LogP contribution in [0.1, 0.15) is 131 Å². The molecule has 92 heavy (non-hydrogen) atoms. The van der Waals surface area contributed by atoms with Gasteiger partial charge in [0.2, 0.25) is 5.36 Å². The van der Waals surface area contributed by atoms with Crippen LogP contribution in [0.25, 0.3) is 16.6 Å². The van der Waals surface area contributed by atoms with Crippen molar-refractivity contribution in [2.45, 2.75) is 108 Å². The molecule has 11 rings (SSSR count). The number of aromatic carboxylic acids is 1. The lowest BCUT2D eigenvalue weighted by Crippen LogP contribution is -2.45. The quantitative estimate of drug-likeness (QED) is 0.00734. The summed E-state index contributed by atoms with van der Waals surface area (Å²) in [5.74, 6) is 6.95. The molecule has 1 saturated heterocycles. The minimum Gasteiger partial charge on any atom is -0.478 e. The van der Waals surface area contributed by atoms with E-state index in [0.717, 1.165) is 105 Å². The van der Waals surface area contributed by atoms with Crippen LogP contribution >= 0.6 is 29.8 Å². The molecule has 3 aromatic carbocycles. The van der Waals surface area contributed by atoms with Gasteiger partial charge in [-0.25, -0.2) is 28.9 Å². The normalized spacial score (nSPS) is 17.3. The molecule has 0 radical (unpaired) electrons. The zero-order valence-electron chi connectivity index (χ0n) is 52.0. The number of benzene rings is 3. The monoisotopic (exact) mass is 1320 g/mol. The molecule has 0 saturated carbocycles. The number of fused-ring (bicyclic) bond motifs is 5. The molecule has 6 aliphatic rings. The van der Waals surface area contributed by atoms with Crippen molar-refractivity contribution in [3.63, 3.8) is 0 Å². The predicted octanol–water partition coefficient (Wildman–Crippen LogP) is 6.45. The van der Waals surface area contributed by atoms with E-state index < -0.39 is 26.4 Å². The molecule has 1 fully saturated rings. The van der Waals surface area contributed by atoms with Crippen molar-refractivity contribution in [3.05, 3.63) is 104 Å². The third-order valence-corrected chi connectivity index (χ3v) is 20.6. The Morgan fingerprint density at radius 2 is 1.60 bits per heavy atom. The van der Waals surface area contributed by atoms with Crippen molar-refractivity contribution in [1.29, 1.82) is 0 Å². The second kappa shape index (κ2) is 31.3. The molecule has 3 amide bonds. The number of hydrogen-bond donors (Lipinski definition) is 6. The van der Waals surface area contributed by atoms with Gasteiger partial charge in [-0.2, -0.15) is 0 Å². The Kier molecular flexibility index (Phi) is 22.7. The molecular weight excluding hydrogens is 1240 g/mol. The molecule has 27 heteroatoms. The summed E-state index contributed by atoms with van der Waals surface area (Å²) >= 11 is 0. The molecule has 24 nitrogen and oxygen atoms in total. The molecule has 492 valence electrons. The maximum absolute atomic E-state index is 13.9. The van der Waals surface area contributed by atoms with Crippen LogP contribution in [0.5, 0.6) is 11.5 Å². The lowest BCUT2D eigenvalue weighted by atomic mass is 9.81. The molecule has 6 aliphatic heterocycles. The number of rotatable bonds is 29. The first kappa shape index (κ1) is 66.5. The summed E-state index contributed by atoms with van der Waals surface area (Å²) in [5, 5.41) is 21.8. The third kappa shape index (κ3) is 16.2. The maximum Gasteiger partial charge on any atom is 0.407 e. The average molecular weight is 1320 g/mol. The Morgan fingerprint density at radius 3 is 2.41 bits per heavy atom. The summed E-state index contributed by atoms with van der Waals surface area (Å²) in [4.78, 5) is 71.7. The molecule has 2 aromatic heterocycles. The van der Waals surface area contributed by atoms with Crippen LogP contribution in [0.4, 0.5) is 21.1 Å². The molecule has 0 bridgehead atoms. The van der Waals surface area contributed by atoms with Gasteiger partial charge in [-0.3, -0.25) is 9.36 Å². The van der Waals surface area contributed by atoms with Crippen molar-refractivity contribution in [2.75, 3.05) is 122 Å². The molecule has 1 unspecified atom stereocenters. The topological polar surface area (TPSA) is 299 Å². The van der Waals surface area contributed by atoms with E-state index in [1.807, 2.05) is 10.8 Å². The van der Waals surface area contributed by atoms with Gasteiger partial charge in [-0.05, 0) is 120 Å². The fraction of sp³-hybridized carbons (Fsp3) is 0.523. The summed E-state index contributed by atoms with van der Waals surface area (Å²) in [6.07, 6.45) is 12.0. The third-order valence-electron chi connectivity index (χ3n) is 17.2. The number of amides is 3. The number of hydrogen-bond acceptors (Lipinski definition) is 19. The number of carbonyl (C=O) groups is 4. The van der Waals surface area contributed by atoms with Gasteiger partial charge in [0.25, 0.3) is 5.91 Å². The van der Waals surface area contributed by atoms with E-state index in [-0.39, 0.29) is 100 Å². The Balaban J connectivity index is 0.540. The maximum atomic E-state index is 13.9. The minimum absolute atomic E-state index is 0.0111. The molecular formula is C65H81N9O15PS2+. The highest BCUT2D eigenvalue weighted by Gasteiger charge is 2.37.